The molecule has 1 heterocycles. The number of carbonyl (C=O) groups excluding carboxylic acids is 1. The number of amides is 1. The van der Waals surface area contributed by atoms with Crippen LogP contribution in [-0.4, -0.2) is 16.9 Å². The second-order valence-corrected chi connectivity index (χ2v) is 6.60. The second-order valence-electron chi connectivity index (χ2n) is 6.60. The van der Waals surface area contributed by atoms with Gasteiger partial charge in [-0.1, -0.05) is 36.4 Å². The first-order valence-electron chi connectivity index (χ1n) is 8.85. The maximum atomic E-state index is 13.3. The zero-order valence-electron chi connectivity index (χ0n) is 15.4. The molecule has 0 atom stereocenters. The minimum atomic E-state index is -0.395. The van der Waals surface area contributed by atoms with Crippen molar-refractivity contribution in [2.75, 3.05) is 10.2 Å². The van der Waals surface area contributed by atoms with Crippen LogP contribution < -0.4 is 10.2 Å². The van der Waals surface area contributed by atoms with Crippen LogP contribution in [0.2, 0.25) is 0 Å². The summed E-state index contributed by atoms with van der Waals surface area (Å²) in [5.41, 5.74) is 2.88. The van der Waals surface area contributed by atoms with E-state index in [2.05, 4.69) is 41.2 Å². The molecule has 1 aromatic heterocycles. The fraction of sp³-hybridized carbons (Fsp3) is 0.182. The average molecular weight is 363 g/mol. The zero-order valence-corrected chi connectivity index (χ0v) is 15.4. The molecule has 0 saturated carbocycles. The Morgan fingerprint density at radius 1 is 1.07 bits per heavy atom. The Kier molecular flexibility index (Phi) is 5.81. The van der Waals surface area contributed by atoms with Gasteiger partial charge >= 0.3 is 0 Å². The van der Waals surface area contributed by atoms with E-state index in [0.717, 1.165) is 12.2 Å². The van der Waals surface area contributed by atoms with Gasteiger partial charge in [-0.15, -0.1) is 0 Å². The third-order valence-electron chi connectivity index (χ3n) is 4.22. The number of anilines is 2. The molecular weight excluding hydrogens is 341 g/mol. The smallest absolute Gasteiger partial charge is 0.257 e. The molecule has 0 bridgehead atoms. The van der Waals surface area contributed by atoms with E-state index in [-0.39, 0.29) is 11.9 Å². The van der Waals surface area contributed by atoms with E-state index < -0.39 is 5.82 Å². The van der Waals surface area contributed by atoms with Crippen molar-refractivity contribution in [1.82, 2.24) is 4.98 Å². The molecule has 0 unspecified atom stereocenters. The Balaban J connectivity index is 1.81. The number of nitrogens with zero attached hydrogens (tertiary/aromatic N) is 2. The average Bonchev–Trinajstić information content (AvgIpc) is 2.67. The quantitative estimate of drug-likeness (QED) is 0.678. The number of hydrogen-bond acceptors (Lipinski definition) is 3. The van der Waals surface area contributed by atoms with Gasteiger partial charge in [0.25, 0.3) is 5.91 Å². The van der Waals surface area contributed by atoms with Gasteiger partial charge in [-0.3, -0.25) is 9.78 Å². The topological polar surface area (TPSA) is 45.2 Å². The summed E-state index contributed by atoms with van der Waals surface area (Å²) in [5, 5.41) is 2.71. The van der Waals surface area contributed by atoms with Gasteiger partial charge in [-0.2, -0.15) is 0 Å². The third-order valence-corrected chi connectivity index (χ3v) is 4.22. The van der Waals surface area contributed by atoms with Crippen LogP contribution in [0.1, 0.15) is 29.8 Å². The number of carbonyl (C=O) groups is 1. The number of aromatic nitrogens is 1. The summed E-state index contributed by atoms with van der Waals surface area (Å²) in [6.45, 7) is 4.92. The maximum absolute atomic E-state index is 13.3. The summed E-state index contributed by atoms with van der Waals surface area (Å²) >= 11 is 0. The number of rotatable bonds is 6. The fourth-order valence-electron chi connectivity index (χ4n) is 2.83. The molecule has 0 aliphatic rings. The largest absolute Gasteiger partial charge is 0.364 e. The van der Waals surface area contributed by atoms with Crippen LogP contribution >= 0.6 is 0 Å². The van der Waals surface area contributed by atoms with Crippen LogP contribution in [0.15, 0.2) is 73.1 Å². The summed E-state index contributed by atoms with van der Waals surface area (Å²) in [6.07, 6.45) is 3.26. The minimum absolute atomic E-state index is 0.230. The predicted octanol–water partition coefficient (Wildman–Crippen LogP) is 4.89. The molecule has 3 aromatic rings. The Labute approximate surface area is 158 Å². The van der Waals surface area contributed by atoms with Crippen LogP contribution in [0.3, 0.4) is 0 Å². The molecule has 3 rings (SSSR count). The molecule has 5 heteroatoms. The third kappa shape index (κ3) is 4.91. The molecule has 2 aromatic carbocycles. The lowest BCUT2D eigenvalue weighted by Gasteiger charge is -2.29. The summed E-state index contributed by atoms with van der Waals surface area (Å²) in [6, 6.07) is 18.0. The molecule has 0 aliphatic carbocycles. The van der Waals surface area contributed by atoms with E-state index in [0.29, 0.717) is 11.3 Å². The Hall–Kier alpha value is -3.21. The van der Waals surface area contributed by atoms with E-state index in [1.807, 2.05) is 24.3 Å². The van der Waals surface area contributed by atoms with Gasteiger partial charge < -0.3 is 10.2 Å². The van der Waals surface area contributed by atoms with Crippen molar-refractivity contribution < 1.29 is 9.18 Å². The molecule has 0 aliphatic heterocycles. The Morgan fingerprint density at radius 2 is 1.85 bits per heavy atom. The zero-order chi connectivity index (χ0) is 19.2. The van der Waals surface area contributed by atoms with Crippen LogP contribution in [0.5, 0.6) is 0 Å². The number of hydrogen-bond donors (Lipinski definition) is 1. The SMILES string of the molecule is CC(C)N(Cc1ccccc1)c1cncc(C(=O)Nc2cccc(F)c2)c1. The van der Waals surface area contributed by atoms with Gasteiger partial charge in [-0.25, -0.2) is 4.39 Å². The van der Waals surface area contributed by atoms with Gasteiger partial charge in [0.2, 0.25) is 0 Å². The number of nitrogens with one attached hydrogen (secondary N) is 1. The lowest BCUT2D eigenvalue weighted by Crippen LogP contribution is -2.30. The highest BCUT2D eigenvalue weighted by atomic mass is 19.1. The number of halogens is 1. The molecule has 0 saturated heterocycles. The molecule has 138 valence electrons. The van der Waals surface area contributed by atoms with E-state index >= 15 is 0 Å². The van der Waals surface area contributed by atoms with Crippen molar-refractivity contribution in [3.8, 4) is 0 Å². The van der Waals surface area contributed by atoms with Crippen molar-refractivity contribution in [2.45, 2.75) is 26.4 Å². The Bertz CT molecular complexity index is 912. The minimum Gasteiger partial charge on any atom is -0.364 e. The van der Waals surface area contributed by atoms with E-state index in [1.165, 1.54) is 23.9 Å². The second kappa shape index (κ2) is 8.45. The molecule has 1 N–H and O–H groups in total. The first-order valence-corrected chi connectivity index (χ1v) is 8.85. The van der Waals surface area contributed by atoms with Gasteiger partial charge in [0.15, 0.2) is 0 Å². The highest BCUT2D eigenvalue weighted by molar-refractivity contribution is 6.04. The lowest BCUT2D eigenvalue weighted by atomic mass is 10.1. The molecule has 0 spiro atoms. The molecular formula is C22H22FN3O. The summed E-state index contributed by atoms with van der Waals surface area (Å²) in [5.74, 6) is -0.716. The van der Waals surface area contributed by atoms with Crippen molar-refractivity contribution in [3.63, 3.8) is 0 Å². The van der Waals surface area contributed by atoms with Gasteiger partial charge in [-0.05, 0) is 43.7 Å². The van der Waals surface area contributed by atoms with Gasteiger partial charge in [0, 0.05) is 24.5 Å². The molecule has 27 heavy (non-hydrogen) atoms. The highest BCUT2D eigenvalue weighted by Crippen LogP contribution is 2.21. The monoisotopic (exact) mass is 363 g/mol. The number of benzene rings is 2. The predicted molar refractivity (Wildman–Crippen MR) is 106 cm³/mol. The molecule has 0 fully saturated rings. The normalized spacial score (nSPS) is 10.7. The van der Waals surface area contributed by atoms with Crippen molar-refractivity contribution >= 4 is 17.3 Å². The summed E-state index contributed by atoms with van der Waals surface area (Å²) in [7, 11) is 0. The van der Waals surface area contributed by atoms with Crippen molar-refractivity contribution in [1.29, 1.82) is 0 Å². The standard InChI is InChI=1S/C22H22FN3O/c1-16(2)26(15-17-7-4-3-5-8-17)21-11-18(13-24-14-21)22(27)25-20-10-6-9-19(23)12-20/h3-14,16H,15H2,1-2H3,(H,25,27). The van der Waals surface area contributed by atoms with E-state index in [9.17, 15) is 9.18 Å². The van der Waals surface area contributed by atoms with E-state index in [1.54, 1.807) is 18.3 Å². The van der Waals surface area contributed by atoms with E-state index in [4.69, 9.17) is 0 Å². The lowest BCUT2D eigenvalue weighted by molar-refractivity contribution is 0.102. The Morgan fingerprint density at radius 3 is 2.56 bits per heavy atom. The van der Waals surface area contributed by atoms with Gasteiger partial charge in [0.05, 0.1) is 17.4 Å². The first-order chi connectivity index (χ1) is 13.0. The fourth-order valence-corrected chi connectivity index (χ4v) is 2.83. The molecule has 1 amide bonds. The van der Waals surface area contributed by atoms with Crippen LogP contribution in [0.4, 0.5) is 15.8 Å². The van der Waals surface area contributed by atoms with Crippen molar-refractivity contribution in [3.05, 3.63) is 90.0 Å². The van der Waals surface area contributed by atoms with Crippen LogP contribution in [-0.2, 0) is 6.54 Å². The van der Waals surface area contributed by atoms with Crippen molar-refractivity contribution in [2.24, 2.45) is 0 Å². The number of pyridine rings is 1. The first kappa shape index (κ1) is 18.6. The summed E-state index contributed by atoms with van der Waals surface area (Å²) in [4.78, 5) is 19.0. The van der Waals surface area contributed by atoms with Crippen LogP contribution in [0.25, 0.3) is 0 Å². The molecule has 0 radical (unpaired) electrons. The summed E-state index contributed by atoms with van der Waals surface area (Å²) < 4.78 is 13.3. The highest BCUT2D eigenvalue weighted by Gasteiger charge is 2.15. The van der Waals surface area contributed by atoms with Crippen LogP contribution in [0, 0.1) is 5.82 Å². The maximum Gasteiger partial charge on any atom is 0.257 e. The molecule has 4 nitrogen and oxygen atoms in total. The van der Waals surface area contributed by atoms with Gasteiger partial charge in [0.1, 0.15) is 5.82 Å².